The lowest BCUT2D eigenvalue weighted by atomic mass is 9.99. The van der Waals surface area contributed by atoms with Crippen molar-refractivity contribution in [3.05, 3.63) is 108 Å². The summed E-state index contributed by atoms with van der Waals surface area (Å²) < 4.78 is 28.1. The molecular weight excluding hydrogens is 368 g/mol. The number of nitrogens with zero attached hydrogens (tertiary/aromatic N) is 2. The van der Waals surface area contributed by atoms with Gasteiger partial charge in [0.2, 0.25) is 0 Å². The molecule has 3 nitrogen and oxygen atoms in total. The lowest BCUT2D eigenvalue weighted by Gasteiger charge is -2.07. The van der Waals surface area contributed by atoms with Crippen LogP contribution in [0.2, 0.25) is 0 Å². The van der Waals surface area contributed by atoms with E-state index >= 15 is 0 Å². The van der Waals surface area contributed by atoms with Crippen molar-refractivity contribution in [2.24, 2.45) is 12.8 Å². The Labute approximate surface area is 169 Å². The van der Waals surface area contributed by atoms with Crippen LogP contribution in [0.15, 0.2) is 85.2 Å². The topological polar surface area (TPSA) is 43.8 Å². The summed E-state index contributed by atoms with van der Waals surface area (Å²) >= 11 is 0. The molecule has 0 amide bonds. The molecule has 1 heterocycles. The molecule has 0 saturated carbocycles. The molecule has 0 unspecified atom stereocenters. The van der Waals surface area contributed by atoms with Crippen LogP contribution < -0.4 is 5.73 Å². The van der Waals surface area contributed by atoms with Crippen molar-refractivity contribution in [3.8, 4) is 11.3 Å². The Morgan fingerprint density at radius 3 is 2.31 bits per heavy atom. The minimum Gasteiger partial charge on any atom is -0.402 e. The zero-order valence-corrected chi connectivity index (χ0v) is 16.3. The van der Waals surface area contributed by atoms with E-state index in [1.807, 2.05) is 25.4 Å². The predicted molar refractivity (Wildman–Crippen MR) is 114 cm³/mol. The molecule has 3 aromatic rings. The zero-order chi connectivity index (χ0) is 20.8. The molecule has 0 atom stereocenters. The monoisotopic (exact) mass is 391 g/mol. The molecule has 0 aliphatic rings. The minimum absolute atomic E-state index is 0.252. The van der Waals surface area contributed by atoms with Crippen LogP contribution in [0.1, 0.15) is 17.5 Å². The Morgan fingerprint density at radius 2 is 1.69 bits per heavy atom. The van der Waals surface area contributed by atoms with E-state index in [2.05, 4.69) is 11.7 Å². The summed E-state index contributed by atoms with van der Waals surface area (Å²) in [4.78, 5) is 0. The predicted octanol–water partition coefficient (Wildman–Crippen LogP) is 5.41. The van der Waals surface area contributed by atoms with Gasteiger partial charge < -0.3 is 5.73 Å². The highest BCUT2D eigenvalue weighted by molar-refractivity contribution is 5.84. The van der Waals surface area contributed by atoms with Crippen molar-refractivity contribution in [2.45, 2.75) is 12.8 Å². The summed E-state index contributed by atoms with van der Waals surface area (Å²) in [5, 5.41) is 4.54. The van der Waals surface area contributed by atoms with Crippen LogP contribution in [-0.2, 0) is 13.5 Å². The Hall–Kier alpha value is -3.47. The second-order valence-corrected chi connectivity index (χ2v) is 6.78. The highest BCUT2D eigenvalue weighted by Crippen LogP contribution is 2.29. The molecule has 5 heteroatoms. The van der Waals surface area contributed by atoms with E-state index in [-0.39, 0.29) is 11.6 Å². The summed E-state index contributed by atoms with van der Waals surface area (Å²) in [5.41, 5.74) is 11.3. The molecule has 0 aliphatic heterocycles. The van der Waals surface area contributed by atoms with E-state index in [1.165, 1.54) is 24.3 Å². The van der Waals surface area contributed by atoms with Crippen LogP contribution in [0.3, 0.4) is 0 Å². The average molecular weight is 391 g/mol. The molecule has 2 N–H and O–H groups in total. The SMILES string of the molecule is C=C/C=C(\C=C(/N)CCc1ccc(F)cc1)c1cn(C)nc1-c1ccc(F)cc1. The molecule has 2 aromatic carbocycles. The molecule has 0 spiro atoms. The quantitative estimate of drug-likeness (QED) is 0.547. The second-order valence-electron chi connectivity index (χ2n) is 6.78. The Balaban J connectivity index is 1.87. The second kappa shape index (κ2) is 9.15. The summed E-state index contributed by atoms with van der Waals surface area (Å²) in [6, 6.07) is 12.7. The first kappa shape index (κ1) is 20.3. The molecule has 3 rings (SSSR count). The summed E-state index contributed by atoms with van der Waals surface area (Å²) in [7, 11) is 1.84. The van der Waals surface area contributed by atoms with E-state index < -0.39 is 0 Å². The van der Waals surface area contributed by atoms with Crippen molar-refractivity contribution in [2.75, 3.05) is 0 Å². The van der Waals surface area contributed by atoms with Gasteiger partial charge in [0, 0.05) is 30.1 Å². The van der Waals surface area contributed by atoms with Crippen molar-refractivity contribution >= 4 is 5.57 Å². The van der Waals surface area contributed by atoms with Crippen molar-refractivity contribution < 1.29 is 8.78 Å². The third-order valence-corrected chi connectivity index (χ3v) is 4.51. The number of allylic oxidation sites excluding steroid dienone is 5. The highest BCUT2D eigenvalue weighted by Gasteiger charge is 2.13. The van der Waals surface area contributed by atoms with Crippen LogP contribution in [0, 0.1) is 11.6 Å². The average Bonchev–Trinajstić information content (AvgIpc) is 3.09. The number of rotatable bonds is 7. The fourth-order valence-corrected chi connectivity index (χ4v) is 3.07. The molecule has 148 valence electrons. The molecule has 0 bridgehead atoms. The van der Waals surface area contributed by atoms with Gasteiger partial charge in [0.15, 0.2) is 0 Å². The summed E-state index contributed by atoms with van der Waals surface area (Å²) in [5.74, 6) is -0.545. The van der Waals surface area contributed by atoms with Crippen LogP contribution in [0.5, 0.6) is 0 Å². The Morgan fingerprint density at radius 1 is 1.07 bits per heavy atom. The normalized spacial score (nSPS) is 12.2. The molecule has 0 aliphatic carbocycles. The maximum absolute atomic E-state index is 13.3. The molecule has 0 saturated heterocycles. The number of aromatic nitrogens is 2. The first-order valence-electron chi connectivity index (χ1n) is 9.29. The number of benzene rings is 2. The molecule has 0 fully saturated rings. The van der Waals surface area contributed by atoms with Crippen LogP contribution in [0.4, 0.5) is 8.78 Å². The fourth-order valence-electron chi connectivity index (χ4n) is 3.07. The Kier molecular flexibility index (Phi) is 6.39. The van der Waals surface area contributed by atoms with Crippen LogP contribution >= 0.6 is 0 Å². The van der Waals surface area contributed by atoms with E-state index in [0.29, 0.717) is 18.5 Å². The van der Waals surface area contributed by atoms with E-state index in [9.17, 15) is 8.78 Å². The maximum atomic E-state index is 13.3. The minimum atomic E-state index is -0.293. The Bertz CT molecular complexity index is 1040. The number of aryl methyl sites for hydroxylation is 2. The van der Waals surface area contributed by atoms with E-state index in [4.69, 9.17) is 5.73 Å². The number of hydrogen-bond acceptors (Lipinski definition) is 2. The lowest BCUT2D eigenvalue weighted by Crippen LogP contribution is -2.00. The van der Waals surface area contributed by atoms with E-state index in [1.54, 1.807) is 35.0 Å². The van der Waals surface area contributed by atoms with Gasteiger partial charge in [-0.05, 0) is 66.5 Å². The van der Waals surface area contributed by atoms with Gasteiger partial charge >= 0.3 is 0 Å². The molecule has 29 heavy (non-hydrogen) atoms. The zero-order valence-electron chi connectivity index (χ0n) is 16.3. The van der Waals surface area contributed by atoms with Gasteiger partial charge in [0.25, 0.3) is 0 Å². The van der Waals surface area contributed by atoms with Crippen molar-refractivity contribution in [3.63, 3.8) is 0 Å². The lowest BCUT2D eigenvalue weighted by molar-refractivity contribution is 0.626. The van der Waals surface area contributed by atoms with Gasteiger partial charge in [-0.3, -0.25) is 4.68 Å². The number of nitrogens with two attached hydrogens (primary N) is 1. The van der Waals surface area contributed by atoms with Crippen LogP contribution in [0.25, 0.3) is 16.8 Å². The molecular formula is C24H23F2N3. The van der Waals surface area contributed by atoms with Crippen LogP contribution in [-0.4, -0.2) is 9.78 Å². The van der Waals surface area contributed by atoms with Crippen molar-refractivity contribution in [1.82, 2.24) is 9.78 Å². The molecule has 1 aromatic heterocycles. The van der Waals surface area contributed by atoms with E-state index in [0.717, 1.165) is 28.0 Å². The van der Waals surface area contributed by atoms with Gasteiger partial charge in [-0.2, -0.15) is 5.10 Å². The van der Waals surface area contributed by atoms with Gasteiger partial charge in [-0.25, -0.2) is 8.78 Å². The standard InChI is InChI=1S/C24H23F2N3/c1-3-4-19(15-22(27)14-7-17-5-10-20(25)11-6-17)23-16-29(2)28-24(23)18-8-12-21(26)13-9-18/h3-6,8-13,15-16H,1,7,14,27H2,2H3/b19-4+,22-15-. The molecule has 0 radical (unpaired) electrons. The van der Waals surface area contributed by atoms with Gasteiger partial charge in [0.1, 0.15) is 17.3 Å². The third-order valence-electron chi connectivity index (χ3n) is 4.51. The number of hydrogen-bond donors (Lipinski definition) is 1. The maximum Gasteiger partial charge on any atom is 0.123 e. The first-order valence-corrected chi connectivity index (χ1v) is 9.29. The largest absolute Gasteiger partial charge is 0.402 e. The summed E-state index contributed by atoms with van der Waals surface area (Å²) in [6.07, 6.45) is 8.70. The third kappa shape index (κ3) is 5.29. The van der Waals surface area contributed by atoms with Gasteiger partial charge in [0.05, 0.1) is 0 Å². The van der Waals surface area contributed by atoms with Crippen molar-refractivity contribution in [1.29, 1.82) is 0 Å². The highest BCUT2D eigenvalue weighted by atomic mass is 19.1. The van der Waals surface area contributed by atoms with Gasteiger partial charge in [-0.15, -0.1) is 0 Å². The summed E-state index contributed by atoms with van der Waals surface area (Å²) in [6.45, 7) is 3.80. The fraction of sp³-hybridized carbons (Fsp3) is 0.125. The first-order chi connectivity index (χ1) is 14.0. The van der Waals surface area contributed by atoms with Gasteiger partial charge in [-0.1, -0.05) is 30.9 Å². The number of halogens is 2. The smallest absolute Gasteiger partial charge is 0.123 e.